The van der Waals surface area contributed by atoms with Crippen molar-refractivity contribution in [3.63, 3.8) is 0 Å². The second-order valence-electron chi connectivity index (χ2n) is 8.54. The fourth-order valence-electron chi connectivity index (χ4n) is 3.96. The van der Waals surface area contributed by atoms with E-state index >= 15 is 0 Å². The normalized spacial score (nSPS) is 11.0. The van der Waals surface area contributed by atoms with Crippen molar-refractivity contribution >= 4 is 22.5 Å². The molecule has 0 aromatic heterocycles. The Bertz CT molecular complexity index is 713. The summed E-state index contributed by atoms with van der Waals surface area (Å²) in [5, 5.41) is 8.23. The Morgan fingerprint density at radius 2 is 1.20 bits per heavy atom. The van der Waals surface area contributed by atoms with Crippen molar-refractivity contribution in [2.45, 2.75) is 96.8 Å². The summed E-state index contributed by atoms with van der Waals surface area (Å²) >= 11 is 0. The van der Waals surface area contributed by atoms with Gasteiger partial charge in [0, 0.05) is 12.2 Å². The summed E-state index contributed by atoms with van der Waals surface area (Å²) in [7, 11) is 0. The molecule has 3 nitrogen and oxygen atoms in total. The zero-order chi connectivity index (χ0) is 21.3. The molecule has 2 rings (SSSR count). The van der Waals surface area contributed by atoms with Gasteiger partial charge in [-0.05, 0) is 29.3 Å². The molecule has 0 atom stereocenters. The molecule has 2 aromatic carbocycles. The first-order chi connectivity index (χ1) is 14.8. The second-order valence-corrected chi connectivity index (χ2v) is 8.54. The van der Waals surface area contributed by atoms with Gasteiger partial charge in [-0.3, -0.25) is 0 Å². The fraction of sp³-hybridized carbons (Fsp3) is 0.593. The highest BCUT2D eigenvalue weighted by atomic mass is 16.2. The van der Waals surface area contributed by atoms with Gasteiger partial charge in [0.05, 0.1) is 0 Å². The zero-order valence-corrected chi connectivity index (χ0v) is 19.1. The first-order valence-electron chi connectivity index (χ1n) is 12.3. The van der Waals surface area contributed by atoms with Crippen LogP contribution in [-0.4, -0.2) is 12.6 Å². The molecule has 0 radical (unpaired) electrons. The van der Waals surface area contributed by atoms with Crippen LogP contribution in [0.15, 0.2) is 42.5 Å². The quantitative estimate of drug-likeness (QED) is 0.268. The number of hydrogen-bond acceptors (Lipinski definition) is 1. The molecule has 3 heteroatoms. The minimum absolute atomic E-state index is 0.111. The molecule has 0 aliphatic carbocycles. The lowest BCUT2D eigenvalue weighted by Crippen LogP contribution is -2.29. The van der Waals surface area contributed by atoms with Crippen LogP contribution in [0.4, 0.5) is 10.5 Å². The molecule has 0 heterocycles. The second kappa shape index (κ2) is 15.8. The molecule has 166 valence electrons. The lowest BCUT2D eigenvalue weighted by molar-refractivity contribution is 0.252. The molecule has 2 aromatic rings. The van der Waals surface area contributed by atoms with Crippen molar-refractivity contribution in [3.8, 4) is 0 Å². The van der Waals surface area contributed by atoms with E-state index in [1.807, 2.05) is 30.3 Å². The topological polar surface area (TPSA) is 41.1 Å². The van der Waals surface area contributed by atoms with Crippen LogP contribution in [0.25, 0.3) is 10.8 Å². The van der Waals surface area contributed by atoms with E-state index in [1.54, 1.807) is 0 Å². The first kappa shape index (κ1) is 24.2. The predicted octanol–water partition coefficient (Wildman–Crippen LogP) is 8.44. The molecule has 0 saturated carbocycles. The van der Waals surface area contributed by atoms with Crippen LogP contribution in [0.3, 0.4) is 0 Å². The summed E-state index contributed by atoms with van der Waals surface area (Å²) < 4.78 is 0. The minimum atomic E-state index is -0.111. The molecule has 30 heavy (non-hydrogen) atoms. The first-order valence-corrected chi connectivity index (χ1v) is 12.3. The third-order valence-electron chi connectivity index (χ3n) is 5.82. The highest BCUT2D eigenvalue weighted by molar-refractivity contribution is 5.93. The van der Waals surface area contributed by atoms with Crippen molar-refractivity contribution in [2.75, 3.05) is 11.9 Å². The maximum absolute atomic E-state index is 12.1. The average molecular weight is 411 g/mol. The number of unbranched alkanes of at least 4 members (excludes halogenated alkanes) is 13. The Labute approximate surface area is 184 Å². The number of fused-ring (bicyclic) bond motifs is 1. The van der Waals surface area contributed by atoms with E-state index in [0.29, 0.717) is 0 Å². The minimum Gasteiger partial charge on any atom is -0.338 e. The zero-order valence-electron chi connectivity index (χ0n) is 19.1. The Balaban J connectivity index is 1.39. The van der Waals surface area contributed by atoms with Crippen LogP contribution in [0.5, 0.6) is 0 Å². The SMILES string of the molecule is CCCCCCCCCCCCCCCCNC(=O)Nc1ccc2ccccc2c1. The molecule has 0 aliphatic heterocycles. The largest absolute Gasteiger partial charge is 0.338 e. The summed E-state index contributed by atoms with van der Waals surface area (Å²) in [4.78, 5) is 12.1. The maximum atomic E-state index is 12.1. The number of hydrogen-bond donors (Lipinski definition) is 2. The predicted molar refractivity (Wildman–Crippen MR) is 131 cm³/mol. The van der Waals surface area contributed by atoms with Gasteiger partial charge >= 0.3 is 6.03 Å². The molecular weight excluding hydrogens is 368 g/mol. The number of anilines is 1. The number of rotatable bonds is 16. The number of carbonyl (C=O) groups excluding carboxylic acids is 1. The van der Waals surface area contributed by atoms with E-state index in [9.17, 15) is 4.79 Å². The third kappa shape index (κ3) is 10.7. The van der Waals surface area contributed by atoms with E-state index in [1.165, 1.54) is 88.9 Å². The summed E-state index contributed by atoms with van der Waals surface area (Å²) in [6, 6.07) is 14.1. The van der Waals surface area contributed by atoms with Crippen molar-refractivity contribution in [1.29, 1.82) is 0 Å². The molecular formula is C27H42N2O. The smallest absolute Gasteiger partial charge is 0.319 e. The lowest BCUT2D eigenvalue weighted by atomic mass is 10.0. The van der Waals surface area contributed by atoms with Gasteiger partial charge < -0.3 is 10.6 Å². The van der Waals surface area contributed by atoms with Crippen LogP contribution in [0.1, 0.15) is 96.8 Å². The van der Waals surface area contributed by atoms with Crippen molar-refractivity contribution in [2.24, 2.45) is 0 Å². The molecule has 0 saturated heterocycles. The van der Waals surface area contributed by atoms with Crippen LogP contribution in [0.2, 0.25) is 0 Å². The van der Waals surface area contributed by atoms with E-state index < -0.39 is 0 Å². The number of urea groups is 1. The molecule has 0 aliphatic rings. The number of benzene rings is 2. The summed E-state index contributed by atoms with van der Waals surface area (Å²) in [5.41, 5.74) is 0.840. The van der Waals surface area contributed by atoms with Crippen molar-refractivity contribution in [1.82, 2.24) is 5.32 Å². The molecule has 0 bridgehead atoms. The Morgan fingerprint density at radius 3 is 1.80 bits per heavy atom. The Hall–Kier alpha value is -2.03. The van der Waals surface area contributed by atoms with Gasteiger partial charge in [-0.25, -0.2) is 4.79 Å². The summed E-state index contributed by atoms with van der Waals surface area (Å²) in [6.45, 7) is 3.03. The standard InChI is InChI=1S/C27H42N2O/c1-2-3-4-5-6-7-8-9-10-11-12-13-14-17-22-28-27(30)29-26-21-20-24-18-15-16-19-25(24)23-26/h15-16,18-21,23H,2-14,17,22H2,1H3,(H2,28,29,30). The highest BCUT2D eigenvalue weighted by Crippen LogP contribution is 2.18. The molecule has 0 spiro atoms. The molecule has 0 fully saturated rings. The van der Waals surface area contributed by atoms with Crippen molar-refractivity contribution < 1.29 is 4.79 Å². The van der Waals surface area contributed by atoms with Gasteiger partial charge in [0.2, 0.25) is 0 Å². The van der Waals surface area contributed by atoms with E-state index in [4.69, 9.17) is 0 Å². The Morgan fingerprint density at radius 1 is 0.667 bits per heavy atom. The number of carbonyl (C=O) groups is 1. The van der Waals surface area contributed by atoms with E-state index in [0.717, 1.165) is 24.0 Å². The van der Waals surface area contributed by atoms with Gasteiger partial charge in [-0.15, -0.1) is 0 Å². The third-order valence-corrected chi connectivity index (χ3v) is 5.82. The van der Waals surface area contributed by atoms with Crippen LogP contribution in [0, 0.1) is 0 Å². The molecule has 0 unspecified atom stereocenters. The lowest BCUT2D eigenvalue weighted by Gasteiger charge is -2.08. The number of nitrogens with one attached hydrogen (secondary N) is 2. The monoisotopic (exact) mass is 410 g/mol. The fourth-order valence-corrected chi connectivity index (χ4v) is 3.96. The Kier molecular flexibility index (Phi) is 12.7. The summed E-state index contributed by atoms with van der Waals surface area (Å²) in [5.74, 6) is 0. The maximum Gasteiger partial charge on any atom is 0.319 e. The van der Waals surface area contributed by atoms with Crippen molar-refractivity contribution in [3.05, 3.63) is 42.5 Å². The van der Waals surface area contributed by atoms with Gasteiger partial charge in [0.1, 0.15) is 0 Å². The van der Waals surface area contributed by atoms with Gasteiger partial charge in [-0.2, -0.15) is 0 Å². The van der Waals surface area contributed by atoms with E-state index in [-0.39, 0.29) is 6.03 Å². The van der Waals surface area contributed by atoms with Crippen LogP contribution < -0.4 is 10.6 Å². The van der Waals surface area contributed by atoms with Crippen LogP contribution >= 0.6 is 0 Å². The summed E-state index contributed by atoms with van der Waals surface area (Å²) in [6.07, 6.45) is 18.9. The van der Waals surface area contributed by atoms with Crippen LogP contribution in [-0.2, 0) is 0 Å². The van der Waals surface area contributed by atoms with Gasteiger partial charge in [0.15, 0.2) is 0 Å². The number of amides is 2. The molecule has 2 amide bonds. The highest BCUT2D eigenvalue weighted by Gasteiger charge is 2.02. The average Bonchev–Trinajstić information content (AvgIpc) is 2.76. The van der Waals surface area contributed by atoms with Gasteiger partial charge in [0.25, 0.3) is 0 Å². The molecule has 2 N–H and O–H groups in total. The van der Waals surface area contributed by atoms with Gasteiger partial charge in [-0.1, -0.05) is 121 Å². The van der Waals surface area contributed by atoms with E-state index in [2.05, 4.69) is 29.7 Å².